The number of alkyl halides is 3. The highest BCUT2D eigenvalue weighted by atomic mass is 19.4. The number of carbonyl (C=O) groups is 1. The van der Waals surface area contributed by atoms with Gasteiger partial charge >= 0.3 is 6.18 Å². The van der Waals surface area contributed by atoms with E-state index in [1.54, 1.807) is 6.92 Å². The summed E-state index contributed by atoms with van der Waals surface area (Å²) in [5.41, 5.74) is -0.100. The Morgan fingerprint density at radius 3 is 2.29 bits per heavy atom. The maximum absolute atomic E-state index is 12.3. The third kappa shape index (κ3) is 3.62. The second-order valence-corrected chi connectivity index (χ2v) is 3.55. The highest BCUT2D eigenvalue weighted by Gasteiger charge is 2.30. The lowest BCUT2D eigenvalue weighted by Gasteiger charge is -2.14. The van der Waals surface area contributed by atoms with E-state index in [2.05, 4.69) is 11.9 Å². The molecular formula is C12H12F3NO. The summed E-state index contributed by atoms with van der Waals surface area (Å²) in [6.45, 7) is 4.98. The molecule has 2 nitrogen and oxygen atoms in total. The molecule has 0 saturated heterocycles. The molecule has 0 saturated carbocycles. The van der Waals surface area contributed by atoms with Gasteiger partial charge < -0.3 is 5.32 Å². The van der Waals surface area contributed by atoms with Crippen LogP contribution in [0.5, 0.6) is 0 Å². The lowest BCUT2D eigenvalue weighted by atomic mass is 10.1. The van der Waals surface area contributed by atoms with Crippen molar-refractivity contribution in [2.75, 3.05) is 0 Å². The molecule has 0 fully saturated rings. The van der Waals surface area contributed by atoms with E-state index in [0.717, 1.165) is 18.2 Å². The van der Waals surface area contributed by atoms with Crippen LogP contribution >= 0.6 is 0 Å². The quantitative estimate of drug-likeness (QED) is 0.812. The normalized spacial score (nSPS) is 12.9. The van der Waals surface area contributed by atoms with Crippen molar-refractivity contribution < 1.29 is 18.0 Å². The van der Waals surface area contributed by atoms with E-state index in [0.29, 0.717) is 5.56 Å². The van der Waals surface area contributed by atoms with E-state index in [-0.39, 0.29) is 11.9 Å². The zero-order valence-corrected chi connectivity index (χ0v) is 9.21. The van der Waals surface area contributed by atoms with Crippen molar-refractivity contribution in [3.8, 4) is 0 Å². The third-order valence-corrected chi connectivity index (χ3v) is 2.28. The average molecular weight is 243 g/mol. The molecule has 17 heavy (non-hydrogen) atoms. The van der Waals surface area contributed by atoms with Gasteiger partial charge in [0, 0.05) is 0 Å². The molecule has 0 radical (unpaired) electrons. The van der Waals surface area contributed by atoms with Gasteiger partial charge in [-0.1, -0.05) is 18.7 Å². The predicted molar refractivity (Wildman–Crippen MR) is 58.2 cm³/mol. The number of hydrogen-bond acceptors (Lipinski definition) is 1. The molecule has 0 aliphatic heterocycles. The van der Waals surface area contributed by atoms with Gasteiger partial charge in [-0.3, -0.25) is 4.79 Å². The van der Waals surface area contributed by atoms with Gasteiger partial charge in [0.25, 0.3) is 0 Å². The Morgan fingerprint density at radius 1 is 1.35 bits per heavy atom. The van der Waals surface area contributed by atoms with Gasteiger partial charge in [0.05, 0.1) is 11.6 Å². The molecule has 92 valence electrons. The first-order chi connectivity index (χ1) is 7.84. The van der Waals surface area contributed by atoms with Crippen LogP contribution in [-0.2, 0) is 11.0 Å². The second kappa shape index (κ2) is 5.03. The van der Waals surface area contributed by atoms with Crippen molar-refractivity contribution in [2.45, 2.75) is 19.1 Å². The van der Waals surface area contributed by atoms with Crippen LogP contribution in [-0.4, -0.2) is 5.91 Å². The van der Waals surface area contributed by atoms with Gasteiger partial charge in [-0.2, -0.15) is 13.2 Å². The van der Waals surface area contributed by atoms with Crippen LogP contribution in [0, 0.1) is 0 Å². The van der Waals surface area contributed by atoms with E-state index in [4.69, 9.17) is 0 Å². The molecule has 5 heteroatoms. The minimum Gasteiger partial charge on any atom is -0.346 e. The summed E-state index contributed by atoms with van der Waals surface area (Å²) in [4.78, 5) is 11.0. The number of benzene rings is 1. The minimum absolute atomic E-state index is 0.359. The Kier molecular flexibility index (Phi) is 3.93. The van der Waals surface area contributed by atoms with Crippen LogP contribution in [0.15, 0.2) is 36.9 Å². The van der Waals surface area contributed by atoms with Crippen LogP contribution in [0.2, 0.25) is 0 Å². The Hall–Kier alpha value is -1.78. The maximum atomic E-state index is 12.3. The molecule has 0 bridgehead atoms. The first-order valence-electron chi connectivity index (χ1n) is 4.94. The average Bonchev–Trinajstić information content (AvgIpc) is 2.27. The molecular weight excluding hydrogens is 231 g/mol. The third-order valence-electron chi connectivity index (χ3n) is 2.28. The fraction of sp³-hybridized carbons (Fsp3) is 0.250. The van der Waals surface area contributed by atoms with Crippen molar-refractivity contribution in [1.29, 1.82) is 0 Å². The molecule has 1 aromatic rings. The smallest absolute Gasteiger partial charge is 0.346 e. The van der Waals surface area contributed by atoms with Crippen LogP contribution in [0.25, 0.3) is 0 Å². The van der Waals surface area contributed by atoms with E-state index in [1.807, 2.05) is 0 Å². The van der Waals surface area contributed by atoms with E-state index in [9.17, 15) is 18.0 Å². The topological polar surface area (TPSA) is 29.1 Å². The standard InChI is InChI=1S/C12H12F3NO/c1-3-11(17)16-8(2)9-4-6-10(7-5-9)12(13,14)15/h3-8H,1H2,2H3,(H,16,17). The summed E-state index contributed by atoms with van der Waals surface area (Å²) in [7, 11) is 0. The van der Waals surface area contributed by atoms with Crippen molar-refractivity contribution in [3.05, 3.63) is 48.0 Å². The number of halogens is 3. The minimum atomic E-state index is -4.34. The summed E-state index contributed by atoms with van der Waals surface area (Å²) in [5.74, 6) is -0.364. The lowest BCUT2D eigenvalue weighted by Crippen LogP contribution is -2.24. The molecule has 1 unspecified atom stereocenters. The second-order valence-electron chi connectivity index (χ2n) is 3.55. The first kappa shape index (κ1) is 13.3. The van der Waals surface area contributed by atoms with Gasteiger partial charge in [-0.25, -0.2) is 0 Å². The maximum Gasteiger partial charge on any atom is 0.416 e. The van der Waals surface area contributed by atoms with Crippen molar-refractivity contribution in [3.63, 3.8) is 0 Å². The predicted octanol–water partition coefficient (Wildman–Crippen LogP) is 3.07. The number of rotatable bonds is 3. The van der Waals surface area contributed by atoms with Crippen molar-refractivity contribution in [2.24, 2.45) is 0 Å². The Morgan fingerprint density at radius 2 is 1.88 bits per heavy atom. The van der Waals surface area contributed by atoms with Crippen molar-refractivity contribution >= 4 is 5.91 Å². The first-order valence-corrected chi connectivity index (χ1v) is 4.94. The summed E-state index contributed by atoms with van der Waals surface area (Å²) < 4.78 is 36.9. The summed E-state index contributed by atoms with van der Waals surface area (Å²) >= 11 is 0. The van der Waals surface area contributed by atoms with E-state index in [1.165, 1.54) is 12.1 Å². The lowest BCUT2D eigenvalue weighted by molar-refractivity contribution is -0.137. The monoisotopic (exact) mass is 243 g/mol. The summed E-state index contributed by atoms with van der Waals surface area (Å²) in [5, 5.41) is 2.57. The zero-order valence-electron chi connectivity index (χ0n) is 9.21. The molecule has 0 spiro atoms. The molecule has 0 heterocycles. The highest BCUT2D eigenvalue weighted by Crippen LogP contribution is 2.29. The summed E-state index contributed by atoms with van der Waals surface area (Å²) in [6.07, 6.45) is -3.23. The molecule has 0 aliphatic carbocycles. The molecule has 0 aliphatic rings. The Bertz CT molecular complexity index is 409. The SMILES string of the molecule is C=CC(=O)NC(C)c1ccc(C(F)(F)F)cc1. The van der Waals surface area contributed by atoms with Crippen LogP contribution in [0.1, 0.15) is 24.1 Å². The van der Waals surface area contributed by atoms with Crippen LogP contribution < -0.4 is 5.32 Å². The molecule has 0 aromatic heterocycles. The number of carbonyl (C=O) groups excluding carboxylic acids is 1. The fourth-order valence-corrected chi connectivity index (χ4v) is 1.32. The largest absolute Gasteiger partial charge is 0.416 e. The van der Waals surface area contributed by atoms with Gasteiger partial charge in [0.15, 0.2) is 0 Å². The molecule has 1 atom stereocenters. The Labute approximate surface area is 97.1 Å². The van der Waals surface area contributed by atoms with E-state index >= 15 is 0 Å². The van der Waals surface area contributed by atoms with Gasteiger partial charge in [-0.05, 0) is 30.7 Å². The molecule has 1 aromatic carbocycles. The van der Waals surface area contributed by atoms with E-state index < -0.39 is 11.7 Å². The van der Waals surface area contributed by atoms with Gasteiger partial charge in [0.1, 0.15) is 0 Å². The zero-order chi connectivity index (χ0) is 13.1. The number of hydrogen-bond donors (Lipinski definition) is 1. The Balaban J connectivity index is 2.80. The van der Waals surface area contributed by atoms with Crippen molar-refractivity contribution in [1.82, 2.24) is 5.32 Å². The highest BCUT2D eigenvalue weighted by molar-refractivity contribution is 5.87. The van der Waals surface area contributed by atoms with Gasteiger partial charge in [0.2, 0.25) is 5.91 Å². The number of nitrogens with one attached hydrogen (secondary N) is 1. The molecule has 1 amide bonds. The van der Waals surface area contributed by atoms with Gasteiger partial charge in [-0.15, -0.1) is 0 Å². The van der Waals surface area contributed by atoms with Crippen LogP contribution in [0.4, 0.5) is 13.2 Å². The molecule has 1 rings (SSSR count). The molecule has 1 N–H and O–H groups in total. The number of amides is 1. The summed E-state index contributed by atoms with van der Waals surface area (Å²) in [6, 6.07) is 4.31. The van der Waals surface area contributed by atoms with Crippen LogP contribution in [0.3, 0.4) is 0 Å². The fourth-order valence-electron chi connectivity index (χ4n) is 1.32.